The van der Waals surface area contributed by atoms with E-state index in [0.29, 0.717) is 13.2 Å². The minimum Gasteiger partial charge on any atom is -0.446 e. The fraction of sp³-hybridized carbons (Fsp3) is 0.977. The van der Waals surface area contributed by atoms with Crippen LogP contribution in [-0.4, -0.2) is 31.5 Å². The zero-order chi connectivity index (χ0) is 34.3. The summed E-state index contributed by atoms with van der Waals surface area (Å²) in [5.41, 5.74) is 0. The van der Waals surface area contributed by atoms with Gasteiger partial charge in [-0.15, -0.1) is 0 Å². The number of ether oxygens (including phenoxy) is 2. The number of rotatable bonds is 39. The smallest absolute Gasteiger partial charge is 0.407 e. The van der Waals surface area contributed by atoms with E-state index in [1.807, 2.05) is 13.8 Å². The Morgan fingerprint density at radius 2 is 0.745 bits per heavy atom. The van der Waals surface area contributed by atoms with Gasteiger partial charge in [-0.2, -0.15) is 0 Å². The van der Waals surface area contributed by atoms with Crippen LogP contribution in [0.4, 0.5) is 4.79 Å². The molecule has 4 nitrogen and oxygen atoms in total. The molecule has 0 aromatic rings. The maximum Gasteiger partial charge on any atom is 0.407 e. The van der Waals surface area contributed by atoms with Crippen molar-refractivity contribution < 1.29 is 14.3 Å². The molecule has 1 N–H and O–H groups in total. The van der Waals surface area contributed by atoms with Crippen LogP contribution in [-0.2, 0) is 9.47 Å². The Kier molecular flexibility index (Phi) is 39.0. The number of amides is 1. The summed E-state index contributed by atoms with van der Waals surface area (Å²) in [5.74, 6) is 0. The average molecular weight is 666 g/mol. The van der Waals surface area contributed by atoms with Crippen LogP contribution in [0, 0.1) is 0 Å². The third kappa shape index (κ3) is 39.6. The Bertz CT molecular complexity index is 596. The number of hydrogen-bond donors (Lipinski definition) is 1. The highest BCUT2D eigenvalue weighted by Gasteiger charge is 2.14. The molecule has 0 heterocycles. The van der Waals surface area contributed by atoms with Crippen molar-refractivity contribution in [3.63, 3.8) is 0 Å². The van der Waals surface area contributed by atoms with E-state index in [4.69, 9.17) is 9.47 Å². The third-order valence-electron chi connectivity index (χ3n) is 9.82. The number of nitrogens with one attached hydrogen (secondary N) is 1. The second-order valence-electron chi connectivity index (χ2n) is 15.1. The predicted molar refractivity (Wildman–Crippen MR) is 208 cm³/mol. The molecule has 0 spiro atoms. The average Bonchev–Trinajstić information content (AvgIpc) is 3.05. The van der Waals surface area contributed by atoms with Crippen LogP contribution in [0.3, 0.4) is 0 Å². The molecule has 0 aliphatic heterocycles. The van der Waals surface area contributed by atoms with Crippen molar-refractivity contribution >= 4 is 6.09 Å². The van der Waals surface area contributed by atoms with Crippen molar-refractivity contribution in [1.82, 2.24) is 5.32 Å². The molecule has 0 radical (unpaired) electrons. The molecule has 1 atom stereocenters. The van der Waals surface area contributed by atoms with Gasteiger partial charge in [0.1, 0.15) is 6.10 Å². The normalized spacial score (nSPS) is 12.2. The largest absolute Gasteiger partial charge is 0.446 e. The fourth-order valence-corrected chi connectivity index (χ4v) is 6.70. The number of carbonyl (C=O) groups excluding carboxylic acids is 1. The van der Waals surface area contributed by atoms with Gasteiger partial charge < -0.3 is 14.8 Å². The number of alkyl carbamates (subject to hydrolysis) is 1. The number of carbonyl (C=O) groups is 1. The molecular formula is C43H87NO3. The van der Waals surface area contributed by atoms with E-state index in [-0.39, 0.29) is 18.3 Å². The van der Waals surface area contributed by atoms with E-state index < -0.39 is 0 Å². The van der Waals surface area contributed by atoms with Gasteiger partial charge in [0.2, 0.25) is 0 Å². The Hall–Kier alpha value is -0.770. The van der Waals surface area contributed by atoms with E-state index in [2.05, 4.69) is 19.2 Å². The fourth-order valence-electron chi connectivity index (χ4n) is 6.70. The van der Waals surface area contributed by atoms with Crippen molar-refractivity contribution in [1.29, 1.82) is 0 Å². The zero-order valence-corrected chi connectivity index (χ0v) is 32.8. The van der Waals surface area contributed by atoms with Crippen LogP contribution in [0.2, 0.25) is 0 Å². The molecule has 0 aliphatic rings. The third-order valence-corrected chi connectivity index (χ3v) is 9.82. The highest BCUT2D eigenvalue weighted by atomic mass is 16.6. The van der Waals surface area contributed by atoms with E-state index in [1.54, 1.807) is 0 Å². The minimum atomic E-state index is -0.239. The van der Waals surface area contributed by atoms with Crippen LogP contribution < -0.4 is 5.32 Å². The topological polar surface area (TPSA) is 47.6 Å². The van der Waals surface area contributed by atoms with Crippen molar-refractivity contribution in [2.75, 3.05) is 13.2 Å². The summed E-state index contributed by atoms with van der Waals surface area (Å²) >= 11 is 0. The molecule has 47 heavy (non-hydrogen) atoms. The summed E-state index contributed by atoms with van der Waals surface area (Å²) in [6.45, 7) is 9.98. The molecular weight excluding hydrogens is 578 g/mol. The zero-order valence-electron chi connectivity index (χ0n) is 32.8. The first-order valence-corrected chi connectivity index (χ1v) is 21.7. The van der Waals surface area contributed by atoms with Gasteiger partial charge in [0.25, 0.3) is 0 Å². The Labute approximate surface area is 296 Å². The highest BCUT2D eigenvalue weighted by Crippen LogP contribution is 2.19. The standard InChI is InChI=1S/C43H87NO3/c1-5-7-9-11-13-15-17-19-21-23-25-27-29-31-33-35-38-42(47-43(45)44-39-36-40-46-41(3)4)37-34-32-30-28-26-24-22-20-18-16-14-12-10-8-6-2/h41-42H,5-40H2,1-4H3,(H,44,45). The van der Waals surface area contributed by atoms with E-state index >= 15 is 0 Å². The lowest BCUT2D eigenvalue weighted by Crippen LogP contribution is -2.30. The molecule has 0 bridgehead atoms. The number of hydrogen-bond acceptors (Lipinski definition) is 3. The minimum absolute atomic E-state index is 0.0653. The molecule has 0 saturated heterocycles. The molecule has 4 heteroatoms. The Morgan fingerprint density at radius 3 is 1.04 bits per heavy atom. The SMILES string of the molecule is CCCCCCCCCCCCCCCCCCC(CCCCCCCCCCCCCCCCC)OC(=O)NCCCOC(C)C. The molecule has 282 valence electrons. The van der Waals surface area contributed by atoms with Crippen LogP contribution in [0.5, 0.6) is 0 Å². The summed E-state index contributed by atoms with van der Waals surface area (Å²) < 4.78 is 11.5. The summed E-state index contributed by atoms with van der Waals surface area (Å²) in [6.07, 6.45) is 45.9. The van der Waals surface area contributed by atoms with Crippen molar-refractivity contribution in [3.05, 3.63) is 0 Å². The molecule has 0 saturated carbocycles. The van der Waals surface area contributed by atoms with E-state index in [9.17, 15) is 4.79 Å². The maximum absolute atomic E-state index is 12.5. The molecule has 0 aromatic heterocycles. The molecule has 0 aromatic carbocycles. The van der Waals surface area contributed by atoms with Gasteiger partial charge in [-0.1, -0.05) is 200 Å². The second kappa shape index (κ2) is 39.7. The van der Waals surface area contributed by atoms with Crippen LogP contribution in [0.25, 0.3) is 0 Å². The van der Waals surface area contributed by atoms with Gasteiger partial charge in [0.15, 0.2) is 0 Å². The summed E-state index contributed by atoms with van der Waals surface area (Å²) in [6, 6.07) is 0. The van der Waals surface area contributed by atoms with Crippen LogP contribution >= 0.6 is 0 Å². The first-order chi connectivity index (χ1) is 23.1. The molecule has 1 unspecified atom stereocenters. The summed E-state index contributed by atoms with van der Waals surface area (Å²) in [5, 5.41) is 2.96. The highest BCUT2D eigenvalue weighted by molar-refractivity contribution is 5.67. The molecule has 0 aliphatic carbocycles. The van der Waals surface area contributed by atoms with Crippen molar-refractivity contribution in [2.45, 2.75) is 258 Å². The van der Waals surface area contributed by atoms with Gasteiger partial charge in [-0.25, -0.2) is 4.79 Å². The maximum atomic E-state index is 12.5. The van der Waals surface area contributed by atoms with E-state index in [0.717, 1.165) is 19.3 Å². The van der Waals surface area contributed by atoms with Gasteiger partial charge >= 0.3 is 6.09 Å². The molecule has 1 amide bonds. The van der Waals surface area contributed by atoms with Gasteiger partial charge in [0, 0.05) is 13.2 Å². The van der Waals surface area contributed by atoms with Gasteiger partial charge in [0.05, 0.1) is 6.10 Å². The van der Waals surface area contributed by atoms with E-state index in [1.165, 1.54) is 199 Å². The monoisotopic (exact) mass is 666 g/mol. The Balaban J connectivity index is 3.95. The second-order valence-corrected chi connectivity index (χ2v) is 15.1. The first kappa shape index (κ1) is 46.2. The summed E-state index contributed by atoms with van der Waals surface area (Å²) in [4.78, 5) is 12.5. The van der Waals surface area contributed by atoms with Crippen molar-refractivity contribution in [2.24, 2.45) is 0 Å². The quantitative estimate of drug-likeness (QED) is 0.0665. The lowest BCUT2D eigenvalue weighted by Gasteiger charge is -2.18. The lowest BCUT2D eigenvalue weighted by molar-refractivity contribution is 0.0720. The van der Waals surface area contributed by atoms with Crippen molar-refractivity contribution in [3.8, 4) is 0 Å². The predicted octanol–water partition coefficient (Wildman–Crippen LogP) is 14.8. The van der Waals surface area contributed by atoms with Gasteiger partial charge in [-0.05, 0) is 46.0 Å². The van der Waals surface area contributed by atoms with Gasteiger partial charge in [-0.3, -0.25) is 0 Å². The summed E-state index contributed by atoms with van der Waals surface area (Å²) in [7, 11) is 0. The first-order valence-electron chi connectivity index (χ1n) is 21.7. The van der Waals surface area contributed by atoms with Crippen LogP contribution in [0.1, 0.15) is 246 Å². The lowest BCUT2D eigenvalue weighted by atomic mass is 10.0. The molecule has 0 fully saturated rings. The molecule has 0 rings (SSSR count). The van der Waals surface area contributed by atoms with Crippen LogP contribution in [0.15, 0.2) is 0 Å². The Morgan fingerprint density at radius 1 is 0.447 bits per heavy atom. The number of unbranched alkanes of at least 4 members (excludes halogenated alkanes) is 29.